The summed E-state index contributed by atoms with van der Waals surface area (Å²) in [6.45, 7) is 1.49. The lowest BCUT2D eigenvalue weighted by Crippen LogP contribution is -2.45. The first kappa shape index (κ1) is 14.6. The van der Waals surface area contributed by atoms with Crippen molar-refractivity contribution in [1.29, 1.82) is 0 Å². The number of aromatic nitrogens is 2. The van der Waals surface area contributed by atoms with Gasteiger partial charge in [-0.2, -0.15) is 0 Å². The lowest BCUT2D eigenvalue weighted by molar-refractivity contribution is -0.124. The third kappa shape index (κ3) is 3.84. The van der Waals surface area contributed by atoms with Crippen LogP contribution in [-0.4, -0.2) is 39.9 Å². The Morgan fingerprint density at radius 3 is 2.81 bits per heavy atom. The molecule has 5 nitrogen and oxygen atoms in total. The smallest absolute Gasteiger partial charge is 0.234 e. The Balaban J connectivity index is 1.55. The van der Waals surface area contributed by atoms with Crippen LogP contribution in [0.25, 0.3) is 0 Å². The van der Waals surface area contributed by atoms with Gasteiger partial charge in [-0.05, 0) is 32.2 Å². The highest BCUT2D eigenvalue weighted by molar-refractivity contribution is 5.78. The quantitative estimate of drug-likeness (QED) is 0.895. The van der Waals surface area contributed by atoms with Crippen LogP contribution in [0, 0.1) is 0 Å². The number of amides is 1. The van der Waals surface area contributed by atoms with E-state index in [0.717, 1.165) is 31.6 Å². The first-order valence-corrected chi connectivity index (χ1v) is 8.35. The zero-order chi connectivity index (χ0) is 14.5. The SMILES string of the molecule is O=C(CN1CCCC[C@H]1c1ncc[nH]1)NC1CCCCC1. The van der Waals surface area contributed by atoms with Crippen LogP contribution in [0.1, 0.15) is 63.2 Å². The van der Waals surface area contributed by atoms with Crippen LogP contribution in [0.5, 0.6) is 0 Å². The molecule has 0 aromatic carbocycles. The molecule has 1 aromatic rings. The number of imidazole rings is 1. The minimum Gasteiger partial charge on any atom is -0.352 e. The van der Waals surface area contributed by atoms with E-state index in [0.29, 0.717) is 12.6 Å². The summed E-state index contributed by atoms with van der Waals surface area (Å²) in [5.41, 5.74) is 0. The predicted octanol–water partition coefficient (Wildman–Crippen LogP) is 2.39. The van der Waals surface area contributed by atoms with E-state index in [4.69, 9.17) is 0 Å². The van der Waals surface area contributed by atoms with Crippen LogP contribution in [0.4, 0.5) is 0 Å². The second kappa shape index (κ2) is 7.07. The standard InChI is InChI=1S/C16H26N4O/c21-15(19-13-6-2-1-3-7-13)12-20-11-5-4-8-14(20)16-17-9-10-18-16/h9-10,13-14H,1-8,11-12H2,(H,17,18)(H,19,21)/t14-/m0/s1. The number of carbonyl (C=O) groups is 1. The fraction of sp³-hybridized carbons (Fsp3) is 0.750. The van der Waals surface area contributed by atoms with Crippen molar-refractivity contribution in [1.82, 2.24) is 20.2 Å². The fourth-order valence-electron chi connectivity index (χ4n) is 3.65. The van der Waals surface area contributed by atoms with Gasteiger partial charge < -0.3 is 10.3 Å². The molecule has 0 unspecified atom stereocenters. The molecule has 2 aliphatic rings. The van der Waals surface area contributed by atoms with E-state index < -0.39 is 0 Å². The highest BCUT2D eigenvalue weighted by atomic mass is 16.2. The molecule has 3 rings (SSSR count). The minimum atomic E-state index is 0.181. The molecule has 2 N–H and O–H groups in total. The summed E-state index contributed by atoms with van der Waals surface area (Å²) in [6.07, 6.45) is 13.3. The largest absolute Gasteiger partial charge is 0.352 e. The van der Waals surface area contributed by atoms with Crippen molar-refractivity contribution < 1.29 is 4.79 Å². The molecular weight excluding hydrogens is 264 g/mol. The molecule has 2 heterocycles. The van der Waals surface area contributed by atoms with Crippen molar-refractivity contribution in [2.75, 3.05) is 13.1 Å². The molecule has 0 radical (unpaired) electrons. The number of nitrogens with zero attached hydrogens (tertiary/aromatic N) is 2. The number of likely N-dealkylation sites (tertiary alicyclic amines) is 1. The van der Waals surface area contributed by atoms with E-state index in [1.165, 1.54) is 32.1 Å². The zero-order valence-electron chi connectivity index (χ0n) is 12.7. The maximum atomic E-state index is 12.3. The molecule has 1 saturated heterocycles. The molecule has 1 aliphatic carbocycles. The second-order valence-corrected chi connectivity index (χ2v) is 6.36. The maximum Gasteiger partial charge on any atom is 0.234 e. The minimum absolute atomic E-state index is 0.181. The molecule has 1 aliphatic heterocycles. The molecule has 0 spiro atoms. The maximum absolute atomic E-state index is 12.3. The summed E-state index contributed by atoms with van der Waals surface area (Å²) >= 11 is 0. The van der Waals surface area contributed by atoms with E-state index >= 15 is 0 Å². The van der Waals surface area contributed by atoms with Crippen molar-refractivity contribution >= 4 is 5.91 Å². The fourth-order valence-corrected chi connectivity index (χ4v) is 3.65. The van der Waals surface area contributed by atoms with Gasteiger partial charge in [0, 0.05) is 18.4 Å². The van der Waals surface area contributed by atoms with Gasteiger partial charge in [-0.15, -0.1) is 0 Å². The molecule has 0 bridgehead atoms. The number of hydrogen-bond donors (Lipinski definition) is 2. The Hall–Kier alpha value is -1.36. The Bertz CT molecular complexity index is 439. The van der Waals surface area contributed by atoms with Gasteiger partial charge in [-0.25, -0.2) is 4.98 Å². The molecule has 1 aromatic heterocycles. The third-order valence-electron chi connectivity index (χ3n) is 4.77. The van der Waals surface area contributed by atoms with Crippen LogP contribution in [0.3, 0.4) is 0 Å². The lowest BCUT2D eigenvalue weighted by atomic mass is 9.95. The molecule has 5 heteroatoms. The molecule has 116 valence electrons. The number of H-pyrrole nitrogens is 1. The van der Waals surface area contributed by atoms with Crippen LogP contribution in [0.2, 0.25) is 0 Å². The van der Waals surface area contributed by atoms with Gasteiger partial charge in [-0.3, -0.25) is 9.69 Å². The average Bonchev–Trinajstić information content (AvgIpc) is 3.03. The summed E-state index contributed by atoms with van der Waals surface area (Å²) in [6, 6.07) is 0.670. The lowest BCUT2D eigenvalue weighted by Gasteiger charge is -2.34. The molecule has 21 heavy (non-hydrogen) atoms. The number of piperidine rings is 1. The summed E-state index contributed by atoms with van der Waals surface area (Å²) in [7, 11) is 0. The van der Waals surface area contributed by atoms with E-state index in [9.17, 15) is 4.79 Å². The monoisotopic (exact) mass is 290 g/mol. The summed E-state index contributed by atoms with van der Waals surface area (Å²) < 4.78 is 0. The summed E-state index contributed by atoms with van der Waals surface area (Å²) in [4.78, 5) is 22.2. The van der Waals surface area contributed by atoms with Gasteiger partial charge >= 0.3 is 0 Å². The van der Waals surface area contributed by atoms with Crippen molar-refractivity contribution in [2.24, 2.45) is 0 Å². The van der Waals surface area contributed by atoms with E-state index in [2.05, 4.69) is 20.2 Å². The highest BCUT2D eigenvalue weighted by Gasteiger charge is 2.27. The van der Waals surface area contributed by atoms with E-state index in [1.54, 1.807) is 6.20 Å². The Morgan fingerprint density at radius 2 is 2.05 bits per heavy atom. The van der Waals surface area contributed by atoms with Crippen LogP contribution in [0.15, 0.2) is 12.4 Å². The van der Waals surface area contributed by atoms with Crippen molar-refractivity contribution in [3.63, 3.8) is 0 Å². The normalized spacial score (nSPS) is 24.9. The zero-order valence-corrected chi connectivity index (χ0v) is 12.7. The van der Waals surface area contributed by atoms with Crippen molar-refractivity contribution in [3.8, 4) is 0 Å². The third-order valence-corrected chi connectivity index (χ3v) is 4.77. The molecule has 1 atom stereocenters. The average molecular weight is 290 g/mol. The van der Waals surface area contributed by atoms with Gasteiger partial charge in [0.05, 0.1) is 12.6 Å². The second-order valence-electron chi connectivity index (χ2n) is 6.36. The highest BCUT2D eigenvalue weighted by Crippen LogP contribution is 2.28. The van der Waals surface area contributed by atoms with Crippen LogP contribution >= 0.6 is 0 Å². The van der Waals surface area contributed by atoms with Gasteiger partial charge in [0.1, 0.15) is 5.82 Å². The van der Waals surface area contributed by atoms with E-state index in [1.807, 2.05) is 6.20 Å². The molecular formula is C16H26N4O. The molecule has 1 saturated carbocycles. The summed E-state index contributed by atoms with van der Waals surface area (Å²) in [5.74, 6) is 1.18. The topological polar surface area (TPSA) is 61.0 Å². The first-order chi connectivity index (χ1) is 10.3. The number of nitrogens with one attached hydrogen (secondary N) is 2. The Kier molecular flexibility index (Phi) is 4.91. The number of aromatic amines is 1. The Labute approximate surface area is 126 Å². The predicted molar refractivity (Wildman–Crippen MR) is 81.8 cm³/mol. The molecule has 1 amide bonds. The number of carbonyl (C=O) groups excluding carboxylic acids is 1. The number of hydrogen-bond acceptors (Lipinski definition) is 3. The summed E-state index contributed by atoms with van der Waals surface area (Å²) in [5, 5.41) is 3.22. The number of rotatable bonds is 4. The van der Waals surface area contributed by atoms with Gasteiger partial charge in [0.2, 0.25) is 5.91 Å². The van der Waals surface area contributed by atoms with Gasteiger partial charge in [0.25, 0.3) is 0 Å². The van der Waals surface area contributed by atoms with E-state index in [-0.39, 0.29) is 11.9 Å². The Morgan fingerprint density at radius 1 is 1.24 bits per heavy atom. The van der Waals surface area contributed by atoms with Crippen molar-refractivity contribution in [2.45, 2.75) is 63.5 Å². The van der Waals surface area contributed by atoms with Crippen LogP contribution < -0.4 is 5.32 Å². The van der Waals surface area contributed by atoms with Gasteiger partial charge in [0.15, 0.2) is 0 Å². The van der Waals surface area contributed by atoms with Crippen LogP contribution in [-0.2, 0) is 4.79 Å². The van der Waals surface area contributed by atoms with Crippen molar-refractivity contribution in [3.05, 3.63) is 18.2 Å². The first-order valence-electron chi connectivity index (χ1n) is 8.35. The molecule has 2 fully saturated rings. The van der Waals surface area contributed by atoms with Gasteiger partial charge in [-0.1, -0.05) is 25.7 Å².